The van der Waals surface area contributed by atoms with Crippen molar-refractivity contribution in [2.45, 2.75) is 26.9 Å². The van der Waals surface area contributed by atoms with Crippen molar-refractivity contribution < 1.29 is 14.3 Å². The van der Waals surface area contributed by atoms with Gasteiger partial charge in [-0.25, -0.2) is 19.4 Å². The summed E-state index contributed by atoms with van der Waals surface area (Å²) in [6.07, 6.45) is 1.77. The highest BCUT2D eigenvalue weighted by Crippen LogP contribution is 2.10. The fourth-order valence-electron chi connectivity index (χ4n) is 1.69. The van der Waals surface area contributed by atoms with E-state index in [9.17, 15) is 9.59 Å². The highest BCUT2D eigenvalue weighted by Gasteiger charge is 2.27. The molecule has 0 saturated carbocycles. The number of benzene rings is 1. The molecule has 0 radical (unpaired) electrons. The number of nitriles is 1. The first-order valence-electron chi connectivity index (χ1n) is 7.15. The lowest BCUT2D eigenvalue weighted by molar-refractivity contribution is 0.0947. The molecule has 118 valence electrons. The maximum Gasteiger partial charge on any atom is 0.418 e. The highest BCUT2D eigenvalue weighted by atomic mass is 16.6. The van der Waals surface area contributed by atoms with Crippen LogP contribution in [0.2, 0.25) is 0 Å². The fraction of sp³-hybridized carbons (Fsp3) is 0.438. The third-order valence-corrected chi connectivity index (χ3v) is 3.28. The number of carbonyl (C=O) groups is 2. The zero-order valence-corrected chi connectivity index (χ0v) is 13.2. The van der Waals surface area contributed by atoms with E-state index >= 15 is 0 Å². The topological polar surface area (TPSA) is 73.6 Å². The average molecular weight is 303 g/mol. The number of hydrogen-bond acceptors (Lipinski definition) is 4. The summed E-state index contributed by atoms with van der Waals surface area (Å²) in [5, 5.41) is 8.81. The molecule has 1 unspecified atom stereocenters. The normalized spacial score (nSPS) is 11.2. The second-order valence-electron chi connectivity index (χ2n) is 5.11. The molecule has 1 aromatic carbocycles. The lowest BCUT2D eigenvalue weighted by atomic mass is 10.1. The van der Waals surface area contributed by atoms with Crippen molar-refractivity contribution in [1.82, 2.24) is 9.80 Å². The Balaban J connectivity index is 2.75. The molecular formula is C16H21N3O3. The SMILES string of the molecule is CCC(C)CN(C(=O)OCc1ccccc1)C(=O)N(C)C#N. The minimum atomic E-state index is -0.740. The fourth-order valence-corrected chi connectivity index (χ4v) is 1.69. The molecule has 0 bridgehead atoms. The molecule has 22 heavy (non-hydrogen) atoms. The Morgan fingerprint density at radius 1 is 1.32 bits per heavy atom. The summed E-state index contributed by atoms with van der Waals surface area (Å²) in [5.74, 6) is 0.125. The van der Waals surface area contributed by atoms with Crippen molar-refractivity contribution in [2.24, 2.45) is 5.92 Å². The lowest BCUT2D eigenvalue weighted by Gasteiger charge is -2.24. The van der Waals surface area contributed by atoms with Crippen molar-refractivity contribution in [3.8, 4) is 6.19 Å². The summed E-state index contributed by atoms with van der Waals surface area (Å²) in [6, 6.07) is 8.53. The van der Waals surface area contributed by atoms with E-state index in [4.69, 9.17) is 10.00 Å². The summed E-state index contributed by atoms with van der Waals surface area (Å²) in [7, 11) is 1.32. The van der Waals surface area contributed by atoms with E-state index in [1.807, 2.05) is 44.2 Å². The Hall–Kier alpha value is -2.55. The molecule has 0 heterocycles. The maximum atomic E-state index is 12.2. The lowest BCUT2D eigenvalue weighted by Crippen LogP contribution is -2.45. The first kappa shape index (κ1) is 17.5. The summed E-state index contributed by atoms with van der Waals surface area (Å²) in [6.45, 7) is 4.20. The second-order valence-corrected chi connectivity index (χ2v) is 5.11. The van der Waals surface area contributed by atoms with Crippen LogP contribution in [0.25, 0.3) is 0 Å². The van der Waals surface area contributed by atoms with E-state index in [0.717, 1.165) is 21.8 Å². The minimum absolute atomic E-state index is 0.0836. The quantitative estimate of drug-likeness (QED) is 0.618. The van der Waals surface area contributed by atoms with Crippen LogP contribution < -0.4 is 0 Å². The maximum absolute atomic E-state index is 12.2. The predicted molar refractivity (Wildman–Crippen MR) is 81.6 cm³/mol. The molecule has 1 rings (SSSR count). The Labute approximate surface area is 130 Å². The third kappa shape index (κ3) is 5.09. The standard InChI is InChI=1S/C16H21N3O3/c1-4-13(2)10-19(15(20)18(3)12-17)16(21)22-11-14-8-6-5-7-9-14/h5-9,13H,4,10-11H2,1-3H3. The largest absolute Gasteiger partial charge is 0.444 e. The molecule has 6 heteroatoms. The van der Waals surface area contributed by atoms with Gasteiger partial charge in [0.2, 0.25) is 0 Å². The summed E-state index contributed by atoms with van der Waals surface area (Å²) >= 11 is 0. The van der Waals surface area contributed by atoms with Gasteiger partial charge in [0, 0.05) is 13.6 Å². The van der Waals surface area contributed by atoms with E-state index < -0.39 is 12.1 Å². The first-order chi connectivity index (χ1) is 10.5. The number of ether oxygens (including phenoxy) is 1. The molecule has 0 spiro atoms. The monoisotopic (exact) mass is 303 g/mol. The van der Waals surface area contributed by atoms with E-state index in [-0.39, 0.29) is 19.1 Å². The van der Waals surface area contributed by atoms with Gasteiger partial charge in [0.05, 0.1) is 0 Å². The van der Waals surface area contributed by atoms with Crippen LogP contribution in [0.4, 0.5) is 9.59 Å². The number of imide groups is 1. The van der Waals surface area contributed by atoms with Gasteiger partial charge in [-0.1, -0.05) is 50.6 Å². The summed E-state index contributed by atoms with van der Waals surface area (Å²) < 4.78 is 5.18. The Morgan fingerprint density at radius 3 is 2.50 bits per heavy atom. The van der Waals surface area contributed by atoms with Crippen LogP contribution in [-0.2, 0) is 11.3 Å². The van der Waals surface area contributed by atoms with Crippen LogP contribution >= 0.6 is 0 Å². The van der Waals surface area contributed by atoms with Gasteiger partial charge in [0.25, 0.3) is 0 Å². The van der Waals surface area contributed by atoms with E-state index in [1.165, 1.54) is 7.05 Å². The molecule has 1 atom stereocenters. The van der Waals surface area contributed by atoms with Gasteiger partial charge in [0.15, 0.2) is 6.19 Å². The smallest absolute Gasteiger partial charge is 0.418 e. The molecule has 0 N–H and O–H groups in total. The van der Waals surface area contributed by atoms with Crippen molar-refractivity contribution >= 4 is 12.1 Å². The van der Waals surface area contributed by atoms with Crippen LogP contribution in [0.15, 0.2) is 30.3 Å². The van der Waals surface area contributed by atoms with E-state index in [0.29, 0.717) is 0 Å². The van der Waals surface area contributed by atoms with Gasteiger partial charge in [-0.2, -0.15) is 5.26 Å². The number of hydrogen-bond donors (Lipinski definition) is 0. The molecule has 0 aliphatic heterocycles. The number of urea groups is 1. The number of nitrogens with zero attached hydrogens (tertiary/aromatic N) is 3. The van der Waals surface area contributed by atoms with Gasteiger partial charge < -0.3 is 4.74 Å². The van der Waals surface area contributed by atoms with Gasteiger partial charge in [-0.3, -0.25) is 0 Å². The number of rotatable bonds is 5. The van der Waals surface area contributed by atoms with Crippen LogP contribution in [0, 0.1) is 17.4 Å². The van der Waals surface area contributed by atoms with Crippen LogP contribution in [0.3, 0.4) is 0 Å². The summed E-state index contributed by atoms with van der Waals surface area (Å²) in [5.41, 5.74) is 0.834. The minimum Gasteiger partial charge on any atom is -0.444 e. The van der Waals surface area contributed by atoms with Crippen molar-refractivity contribution in [3.05, 3.63) is 35.9 Å². The third-order valence-electron chi connectivity index (χ3n) is 3.28. The molecule has 6 nitrogen and oxygen atoms in total. The zero-order valence-electron chi connectivity index (χ0n) is 13.2. The van der Waals surface area contributed by atoms with Gasteiger partial charge in [-0.15, -0.1) is 0 Å². The Kier molecular flexibility index (Phi) is 6.90. The molecule has 0 fully saturated rings. The molecule has 1 aromatic rings. The zero-order chi connectivity index (χ0) is 16.5. The molecule has 3 amide bonds. The van der Waals surface area contributed by atoms with Crippen molar-refractivity contribution in [1.29, 1.82) is 5.26 Å². The second kappa shape index (κ2) is 8.67. The molecule has 0 aromatic heterocycles. The van der Waals surface area contributed by atoms with Crippen molar-refractivity contribution in [3.63, 3.8) is 0 Å². The molecule has 0 aliphatic rings. The molecular weight excluding hydrogens is 282 g/mol. The van der Waals surface area contributed by atoms with Crippen molar-refractivity contribution in [2.75, 3.05) is 13.6 Å². The van der Waals surface area contributed by atoms with E-state index in [2.05, 4.69) is 0 Å². The summed E-state index contributed by atoms with van der Waals surface area (Å²) in [4.78, 5) is 26.1. The predicted octanol–water partition coefficient (Wildman–Crippen LogP) is 3.20. The average Bonchev–Trinajstić information content (AvgIpc) is 2.56. The van der Waals surface area contributed by atoms with Crippen LogP contribution in [-0.4, -0.2) is 35.5 Å². The number of carbonyl (C=O) groups excluding carboxylic acids is 2. The van der Waals surface area contributed by atoms with Gasteiger partial charge >= 0.3 is 12.1 Å². The van der Waals surface area contributed by atoms with Crippen LogP contribution in [0.1, 0.15) is 25.8 Å². The Bertz CT molecular complexity index is 539. The molecule has 0 aliphatic carbocycles. The van der Waals surface area contributed by atoms with Gasteiger partial charge in [-0.05, 0) is 11.5 Å². The first-order valence-corrected chi connectivity index (χ1v) is 7.15. The van der Waals surface area contributed by atoms with Crippen LogP contribution in [0.5, 0.6) is 0 Å². The number of amides is 3. The molecule has 0 saturated heterocycles. The van der Waals surface area contributed by atoms with Gasteiger partial charge in [0.1, 0.15) is 6.61 Å². The Morgan fingerprint density at radius 2 is 1.95 bits per heavy atom. The highest BCUT2D eigenvalue weighted by molar-refractivity contribution is 5.91. The van der Waals surface area contributed by atoms with E-state index in [1.54, 1.807) is 6.19 Å².